The fraction of sp³-hybridized carbons (Fsp3) is 0.200. The smallest absolute Gasteiger partial charge is 0.354 e. The number of nitrogens with zero attached hydrogens (tertiary/aromatic N) is 1. The molecule has 2 rings (SSSR count). The summed E-state index contributed by atoms with van der Waals surface area (Å²) < 4.78 is 10.7. The van der Waals surface area contributed by atoms with E-state index in [4.69, 9.17) is 14.6 Å². The molecular weight excluding hydrogens is 258 g/mol. The molecule has 0 saturated heterocycles. The first-order valence-corrected chi connectivity index (χ1v) is 6.17. The number of hydrogen-bond donors (Lipinski definition) is 1. The van der Waals surface area contributed by atoms with Crippen LogP contribution in [0.4, 0.5) is 0 Å². The lowest BCUT2D eigenvalue weighted by Crippen LogP contribution is -2.01. The van der Waals surface area contributed by atoms with Crippen molar-refractivity contribution in [1.82, 2.24) is 4.98 Å². The van der Waals surface area contributed by atoms with Gasteiger partial charge in [0.2, 0.25) is 0 Å². The van der Waals surface area contributed by atoms with E-state index in [1.54, 1.807) is 31.4 Å². The van der Waals surface area contributed by atoms with Gasteiger partial charge in [0, 0.05) is 5.56 Å². The van der Waals surface area contributed by atoms with Crippen molar-refractivity contribution in [3.05, 3.63) is 42.1 Å². The zero-order chi connectivity index (χ0) is 14.5. The van der Waals surface area contributed by atoms with Gasteiger partial charge in [-0.15, -0.1) is 0 Å². The Morgan fingerprint density at radius 1 is 1.25 bits per heavy atom. The van der Waals surface area contributed by atoms with Crippen LogP contribution in [-0.4, -0.2) is 29.8 Å². The van der Waals surface area contributed by atoms with Crippen molar-refractivity contribution < 1.29 is 19.4 Å². The number of carboxylic acids is 1. The quantitative estimate of drug-likeness (QED) is 0.907. The van der Waals surface area contributed by atoms with Crippen LogP contribution < -0.4 is 9.47 Å². The van der Waals surface area contributed by atoms with Gasteiger partial charge in [-0.2, -0.15) is 0 Å². The maximum Gasteiger partial charge on any atom is 0.354 e. The third-order valence-electron chi connectivity index (χ3n) is 2.73. The molecule has 5 nitrogen and oxygen atoms in total. The molecule has 0 unspecified atom stereocenters. The molecule has 0 amide bonds. The molecule has 0 aliphatic heterocycles. The molecule has 0 radical (unpaired) electrons. The van der Waals surface area contributed by atoms with Gasteiger partial charge in [-0.1, -0.05) is 6.07 Å². The average Bonchev–Trinajstić information content (AvgIpc) is 2.47. The molecule has 104 valence electrons. The lowest BCUT2D eigenvalue weighted by Gasteiger charge is -2.11. The molecule has 0 spiro atoms. The summed E-state index contributed by atoms with van der Waals surface area (Å²) in [6.07, 6.45) is 0. The SMILES string of the molecule is CCOc1cc(-c2cccc(C(=O)O)n2)ccc1OC. The van der Waals surface area contributed by atoms with Crippen LogP contribution in [0.3, 0.4) is 0 Å². The Bertz CT molecular complexity index is 625. The average molecular weight is 273 g/mol. The number of aromatic carboxylic acids is 1. The highest BCUT2D eigenvalue weighted by molar-refractivity contribution is 5.86. The standard InChI is InChI=1S/C15H15NO4/c1-3-20-14-9-10(7-8-13(14)19-2)11-5-4-6-12(16-11)15(17)18/h4-9H,3H2,1-2H3,(H,17,18). The Morgan fingerprint density at radius 2 is 2.05 bits per heavy atom. The molecule has 0 saturated carbocycles. The van der Waals surface area contributed by atoms with Crippen molar-refractivity contribution in [3.63, 3.8) is 0 Å². The number of aromatic nitrogens is 1. The molecule has 1 aromatic carbocycles. The summed E-state index contributed by atoms with van der Waals surface area (Å²) in [5.41, 5.74) is 1.36. The molecule has 1 heterocycles. The second-order valence-corrected chi connectivity index (χ2v) is 4.01. The van der Waals surface area contributed by atoms with E-state index in [2.05, 4.69) is 4.98 Å². The predicted octanol–water partition coefficient (Wildman–Crippen LogP) is 2.85. The lowest BCUT2D eigenvalue weighted by molar-refractivity contribution is 0.0690. The lowest BCUT2D eigenvalue weighted by atomic mass is 10.1. The highest BCUT2D eigenvalue weighted by Gasteiger charge is 2.10. The Hall–Kier alpha value is -2.56. The minimum absolute atomic E-state index is 0.0104. The van der Waals surface area contributed by atoms with Gasteiger partial charge in [0.05, 0.1) is 19.4 Å². The van der Waals surface area contributed by atoms with E-state index < -0.39 is 5.97 Å². The molecule has 2 aromatic rings. The normalized spacial score (nSPS) is 10.1. The van der Waals surface area contributed by atoms with Crippen LogP contribution in [-0.2, 0) is 0 Å². The molecule has 0 atom stereocenters. The maximum absolute atomic E-state index is 10.9. The van der Waals surface area contributed by atoms with Crippen molar-refractivity contribution in [2.45, 2.75) is 6.92 Å². The number of carboxylic acid groups (broad SMARTS) is 1. The summed E-state index contributed by atoms with van der Waals surface area (Å²) in [6.45, 7) is 2.40. The third kappa shape index (κ3) is 2.88. The predicted molar refractivity (Wildman–Crippen MR) is 74.4 cm³/mol. The minimum atomic E-state index is -1.05. The van der Waals surface area contributed by atoms with Gasteiger partial charge < -0.3 is 14.6 Å². The van der Waals surface area contributed by atoms with Gasteiger partial charge in [-0.05, 0) is 37.3 Å². The van der Waals surface area contributed by atoms with E-state index >= 15 is 0 Å². The van der Waals surface area contributed by atoms with Crippen LogP contribution in [0.2, 0.25) is 0 Å². The molecule has 0 fully saturated rings. The summed E-state index contributed by atoms with van der Waals surface area (Å²) in [5.74, 6) is 0.186. The summed E-state index contributed by atoms with van der Waals surface area (Å²) >= 11 is 0. The largest absolute Gasteiger partial charge is 0.493 e. The van der Waals surface area contributed by atoms with E-state index in [9.17, 15) is 4.79 Å². The molecule has 5 heteroatoms. The third-order valence-corrected chi connectivity index (χ3v) is 2.73. The maximum atomic E-state index is 10.9. The monoisotopic (exact) mass is 273 g/mol. The number of rotatable bonds is 5. The summed E-state index contributed by atoms with van der Waals surface area (Å²) in [4.78, 5) is 15.1. The van der Waals surface area contributed by atoms with Crippen molar-refractivity contribution in [2.24, 2.45) is 0 Å². The van der Waals surface area contributed by atoms with Gasteiger partial charge in [0.1, 0.15) is 5.69 Å². The van der Waals surface area contributed by atoms with Gasteiger partial charge in [-0.25, -0.2) is 9.78 Å². The van der Waals surface area contributed by atoms with Crippen LogP contribution in [0.5, 0.6) is 11.5 Å². The number of hydrogen-bond acceptors (Lipinski definition) is 4. The first-order valence-electron chi connectivity index (χ1n) is 6.17. The first kappa shape index (κ1) is 13.9. The number of ether oxygens (including phenoxy) is 2. The molecule has 0 aliphatic carbocycles. The number of pyridine rings is 1. The van der Waals surface area contributed by atoms with E-state index in [-0.39, 0.29) is 5.69 Å². The van der Waals surface area contributed by atoms with Crippen LogP contribution in [0, 0.1) is 0 Å². The fourth-order valence-corrected chi connectivity index (χ4v) is 1.82. The molecular formula is C15H15NO4. The Balaban J connectivity index is 2.44. The van der Waals surface area contributed by atoms with Crippen molar-refractivity contribution >= 4 is 5.97 Å². The fourth-order valence-electron chi connectivity index (χ4n) is 1.82. The summed E-state index contributed by atoms with van der Waals surface area (Å²) in [7, 11) is 1.57. The van der Waals surface area contributed by atoms with Crippen LogP contribution in [0.15, 0.2) is 36.4 Å². The highest BCUT2D eigenvalue weighted by atomic mass is 16.5. The van der Waals surface area contributed by atoms with Gasteiger partial charge in [-0.3, -0.25) is 0 Å². The Morgan fingerprint density at radius 3 is 2.70 bits per heavy atom. The van der Waals surface area contributed by atoms with Crippen LogP contribution in [0.25, 0.3) is 11.3 Å². The molecule has 1 aromatic heterocycles. The summed E-state index contributed by atoms with van der Waals surface area (Å²) in [5, 5.41) is 8.97. The molecule has 20 heavy (non-hydrogen) atoms. The first-order chi connectivity index (χ1) is 9.65. The van der Waals surface area contributed by atoms with E-state index in [1.807, 2.05) is 13.0 Å². The Kier molecular flexibility index (Phi) is 4.20. The number of carbonyl (C=O) groups is 1. The minimum Gasteiger partial charge on any atom is -0.493 e. The van der Waals surface area contributed by atoms with Gasteiger partial charge >= 0.3 is 5.97 Å². The van der Waals surface area contributed by atoms with Crippen LogP contribution in [0.1, 0.15) is 17.4 Å². The van der Waals surface area contributed by atoms with E-state index in [0.717, 1.165) is 5.56 Å². The molecule has 0 aliphatic rings. The highest BCUT2D eigenvalue weighted by Crippen LogP contribution is 2.31. The van der Waals surface area contributed by atoms with Gasteiger partial charge in [0.15, 0.2) is 11.5 Å². The van der Waals surface area contributed by atoms with Crippen molar-refractivity contribution in [1.29, 1.82) is 0 Å². The second kappa shape index (κ2) is 6.06. The topological polar surface area (TPSA) is 68.7 Å². The zero-order valence-electron chi connectivity index (χ0n) is 11.3. The number of benzene rings is 1. The second-order valence-electron chi connectivity index (χ2n) is 4.01. The summed E-state index contributed by atoms with van der Waals surface area (Å²) in [6, 6.07) is 10.3. The van der Waals surface area contributed by atoms with Crippen LogP contribution >= 0.6 is 0 Å². The number of methoxy groups -OCH3 is 1. The van der Waals surface area contributed by atoms with Crippen molar-refractivity contribution in [2.75, 3.05) is 13.7 Å². The Labute approximate surface area is 116 Å². The zero-order valence-corrected chi connectivity index (χ0v) is 11.3. The molecule has 0 bridgehead atoms. The van der Waals surface area contributed by atoms with E-state index in [0.29, 0.717) is 23.8 Å². The molecule has 1 N–H and O–H groups in total. The van der Waals surface area contributed by atoms with E-state index in [1.165, 1.54) is 6.07 Å². The van der Waals surface area contributed by atoms with Gasteiger partial charge in [0.25, 0.3) is 0 Å². The van der Waals surface area contributed by atoms with Crippen molar-refractivity contribution in [3.8, 4) is 22.8 Å².